The molecule has 0 heterocycles. The Hall–Kier alpha value is -3.35. The molecule has 2 amide bonds. The summed E-state index contributed by atoms with van der Waals surface area (Å²) in [7, 11) is 0. The lowest BCUT2D eigenvalue weighted by molar-refractivity contribution is -0.144. The van der Waals surface area contributed by atoms with Crippen molar-refractivity contribution in [2.24, 2.45) is 5.92 Å². The van der Waals surface area contributed by atoms with Crippen LogP contribution < -0.4 is 10.6 Å². The highest BCUT2D eigenvalue weighted by Crippen LogP contribution is 2.44. The summed E-state index contributed by atoms with van der Waals surface area (Å²) in [5.41, 5.74) is 3.43. The fraction of sp³-hybridized carbons (Fsp3) is 0.423. The molecule has 7 heteroatoms. The molecule has 172 valence electrons. The monoisotopic (exact) mass is 448 g/mol. The number of benzene rings is 2. The normalized spacial score (nSPS) is 18.9. The van der Waals surface area contributed by atoms with Gasteiger partial charge in [0, 0.05) is 5.92 Å². The molecule has 33 heavy (non-hydrogen) atoms. The molecule has 2 aromatic rings. The minimum atomic E-state index is -1.10. The van der Waals surface area contributed by atoms with Gasteiger partial charge >= 0.3 is 12.1 Å². The number of carboxylic acid groups (broad SMARTS) is 1. The lowest BCUT2D eigenvalue weighted by Gasteiger charge is -2.41. The first kappa shape index (κ1) is 21.5. The van der Waals surface area contributed by atoms with Crippen molar-refractivity contribution >= 4 is 18.0 Å². The molecule has 0 aromatic heterocycles. The average molecular weight is 449 g/mol. The number of alkyl carbamates (subject to hydrolysis) is 1. The van der Waals surface area contributed by atoms with E-state index < -0.39 is 29.6 Å². The molecule has 0 radical (unpaired) electrons. The second-order valence-electron chi connectivity index (χ2n) is 9.43. The van der Waals surface area contributed by atoms with Crippen LogP contribution in [0.1, 0.15) is 55.6 Å². The molecule has 3 N–H and O–H groups in total. The van der Waals surface area contributed by atoms with E-state index in [-0.39, 0.29) is 12.5 Å². The molecule has 1 atom stereocenters. The van der Waals surface area contributed by atoms with Gasteiger partial charge in [-0.2, -0.15) is 0 Å². The number of carbonyl (C=O) groups is 3. The summed E-state index contributed by atoms with van der Waals surface area (Å²) in [6, 6.07) is 15.3. The van der Waals surface area contributed by atoms with Crippen molar-refractivity contribution in [2.75, 3.05) is 6.61 Å². The van der Waals surface area contributed by atoms with Crippen molar-refractivity contribution in [1.29, 1.82) is 0 Å². The predicted octanol–water partition coefficient (Wildman–Crippen LogP) is 3.82. The van der Waals surface area contributed by atoms with Gasteiger partial charge in [-0.05, 0) is 53.9 Å². The van der Waals surface area contributed by atoms with Gasteiger partial charge in [-0.1, -0.05) is 61.4 Å². The van der Waals surface area contributed by atoms with Crippen molar-refractivity contribution in [3.63, 3.8) is 0 Å². The number of amides is 2. The Bertz CT molecular complexity index is 1040. The first-order valence-electron chi connectivity index (χ1n) is 11.6. The summed E-state index contributed by atoms with van der Waals surface area (Å²) in [4.78, 5) is 37.2. The minimum Gasteiger partial charge on any atom is -0.480 e. The number of fused-ring (bicyclic) bond motifs is 3. The highest BCUT2D eigenvalue weighted by molar-refractivity contribution is 5.93. The van der Waals surface area contributed by atoms with Crippen molar-refractivity contribution in [3.05, 3.63) is 59.7 Å². The molecule has 1 unspecified atom stereocenters. The summed E-state index contributed by atoms with van der Waals surface area (Å²) in [6.45, 7) is 0.164. The molecule has 0 saturated heterocycles. The second kappa shape index (κ2) is 8.54. The number of hydrogen-bond donors (Lipinski definition) is 3. The third kappa shape index (κ3) is 4.19. The Morgan fingerprint density at radius 1 is 1.00 bits per heavy atom. The van der Waals surface area contributed by atoms with Crippen LogP contribution in [0.25, 0.3) is 11.1 Å². The zero-order chi connectivity index (χ0) is 23.0. The maximum Gasteiger partial charge on any atom is 0.408 e. The smallest absolute Gasteiger partial charge is 0.408 e. The molecule has 5 rings (SSSR count). The first-order chi connectivity index (χ1) is 16.0. The van der Waals surface area contributed by atoms with E-state index in [1.54, 1.807) is 0 Å². The van der Waals surface area contributed by atoms with Crippen LogP contribution in [-0.2, 0) is 14.3 Å². The number of carboxylic acids is 1. The van der Waals surface area contributed by atoms with E-state index in [0.29, 0.717) is 25.2 Å². The maximum absolute atomic E-state index is 12.9. The van der Waals surface area contributed by atoms with Crippen LogP contribution in [0.4, 0.5) is 4.79 Å². The molecule has 3 aliphatic carbocycles. The van der Waals surface area contributed by atoms with Crippen LogP contribution in [0.5, 0.6) is 0 Å². The van der Waals surface area contributed by atoms with Gasteiger partial charge in [0.15, 0.2) is 0 Å². The van der Waals surface area contributed by atoms with Gasteiger partial charge in [-0.3, -0.25) is 4.79 Å². The summed E-state index contributed by atoms with van der Waals surface area (Å²) in [5, 5.41) is 14.9. The Morgan fingerprint density at radius 2 is 1.61 bits per heavy atom. The van der Waals surface area contributed by atoms with E-state index in [9.17, 15) is 19.5 Å². The van der Waals surface area contributed by atoms with E-state index in [0.717, 1.165) is 41.5 Å². The highest BCUT2D eigenvalue weighted by atomic mass is 16.5. The lowest BCUT2D eigenvalue weighted by atomic mass is 9.76. The largest absolute Gasteiger partial charge is 0.480 e. The standard InChI is InChI=1S/C26H28N2O5/c29-23(30)22(14-16-10-11-16)27-24(31)26(12-5-13-26)28-25(32)33-15-21-19-8-3-1-6-17(19)18-7-2-4-9-20(18)21/h1-4,6-9,16,21-22H,5,10-15H2,(H,27,31)(H,28,32)(H,29,30). The van der Waals surface area contributed by atoms with Crippen molar-refractivity contribution in [3.8, 4) is 11.1 Å². The van der Waals surface area contributed by atoms with Crippen LogP contribution in [0, 0.1) is 5.92 Å². The van der Waals surface area contributed by atoms with Crippen LogP contribution in [0.3, 0.4) is 0 Å². The van der Waals surface area contributed by atoms with Crippen molar-refractivity contribution in [1.82, 2.24) is 10.6 Å². The van der Waals surface area contributed by atoms with Gasteiger partial charge in [0.2, 0.25) is 5.91 Å². The topological polar surface area (TPSA) is 105 Å². The molecule has 7 nitrogen and oxygen atoms in total. The Balaban J connectivity index is 1.23. The van der Waals surface area contributed by atoms with Crippen LogP contribution >= 0.6 is 0 Å². The third-order valence-electron chi connectivity index (χ3n) is 7.20. The second-order valence-corrected chi connectivity index (χ2v) is 9.43. The minimum absolute atomic E-state index is 0.0655. The number of ether oxygens (including phenoxy) is 1. The molecular formula is C26H28N2O5. The predicted molar refractivity (Wildman–Crippen MR) is 122 cm³/mol. The number of rotatable bonds is 8. The molecule has 0 spiro atoms. The quantitative estimate of drug-likeness (QED) is 0.570. The summed E-state index contributed by atoms with van der Waals surface area (Å²) in [6.07, 6.45) is 3.52. The van der Waals surface area contributed by atoms with E-state index in [4.69, 9.17) is 4.74 Å². The molecule has 2 fully saturated rings. The van der Waals surface area contributed by atoms with Gasteiger partial charge in [-0.25, -0.2) is 9.59 Å². The molecule has 0 bridgehead atoms. The van der Waals surface area contributed by atoms with E-state index in [2.05, 4.69) is 22.8 Å². The van der Waals surface area contributed by atoms with Gasteiger partial charge in [0.25, 0.3) is 0 Å². The van der Waals surface area contributed by atoms with E-state index >= 15 is 0 Å². The maximum atomic E-state index is 12.9. The summed E-state index contributed by atoms with van der Waals surface area (Å²) in [5.74, 6) is -1.18. The number of hydrogen-bond acceptors (Lipinski definition) is 4. The first-order valence-corrected chi connectivity index (χ1v) is 11.6. The zero-order valence-electron chi connectivity index (χ0n) is 18.4. The Kier molecular flexibility index (Phi) is 5.56. The third-order valence-corrected chi connectivity index (χ3v) is 7.20. The Labute approximate surface area is 192 Å². The number of nitrogens with one attached hydrogen (secondary N) is 2. The average Bonchev–Trinajstić information content (AvgIpc) is 3.55. The molecule has 2 aromatic carbocycles. The molecule has 0 aliphatic heterocycles. The summed E-state index contributed by atoms with van der Waals surface area (Å²) < 4.78 is 5.60. The highest BCUT2D eigenvalue weighted by Gasteiger charge is 2.47. The molecular weight excluding hydrogens is 420 g/mol. The van der Waals surface area contributed by atoms with Gasteiger partial charge in [0.05, 0.1) is 0 Å². The van der Waals surface area contributed by atoms with Crippen LogP contribution in [0.2, 0.25) is 0 Å². The fourth-order valence-corrected chi connectivity index (χ4v) is 4.97. The Morgan fingerprint density at radius 3 is 2.12 bits per heavy atom. The van der Waals surface area contributed by atoms with Gasteiger partial charge < -0.3 is 20.5 Å². The molecule has 2 saturated carbocycles. The summed E-state index contributed by atoms with van der Waals surface area (Å²) >= 11 is 0. The van der Waals surface area contributed by atoms with Crippen LogP contribution in [0.15, 0.2) is 48.5 Å². The van der Waals surface area contributed by atoms with Crippen molar-refractivity contribution < 1.29 is 24.2 Å². The SMILES string of the molecule is O=C(NC1(C(=O)NC(CC2CC2)C(=O)O)CCC1)OCC1c2ccccc2-c2ccccc21. The van der Waals surface area contributed by atoms with Crippen LogP contribution in [-0.4, -0.2) is 41.3 Å². The molecule has 3 aliphatic rings. The number of carbonyl (C=O) groups excluding carboxylic acids is 2. The van der Waals surface area contributed by atoms with Crippen molar-refractivity contribution in [2.45, 2.75) is 56.0 Å². The fourth-order valence-electron chi connectivity index (χ4n) is 4.97. The number of aliphatic carboxylic acids is 1. The van der Waals surface area contributed by atoms with E-state index in [1.807, 2.05) is 36.4 Å². The zero-order valence-corrected chi connectivity index (χ0v) is 18.4. The van der Waals surface area contributed by atoms with Gasteiger partial charge in [-0.15, -0.1) is 0 Å². The van der Waals surface area contributed by atoms with Gasteiger partial charge in [0.1, 0.15) is 18.2 Å². The van der Waals surface area contributed by atoms with E-state index in [1.165, 1.54) is 0 Å². The lowest BCUT2D eigenvalue weighted by Crippen LogP contribution is -2.64.